The van der Waals surface area contributed by atoms with Crippen molar-refractivity contribution in [3.05, 3.63) is 0 Å². The Morgan fingerprint density at radius 1 is 1.50 bits per heavy atom. The Morgan fingerprint density at radius 2 is 2.12 bits per heavy atom. The van der Waals surface area contributed by atoms with E-state index in [1.54, 1.807) is 11.3 Å². The number of rotatable bonds is 0. The molecule has 0 aromatic carbocycles. The lowest BCUT2D eigenvalue weighted by atomic mass is 10.7. The van der Waals surface area contributed by atoms with Crippen LogP contribution >= 0.6 is 24.8 Å². The summed E-state index contributed by atoms with van der Waals surface area (Å²) in [5, 5.41) is 1.57. The average molecular weight is 158 g/mol. The Morgan fingerprint density at radius 3 is 2.25 bits per heavy atom. The predicted octanol–water partition coefficient (Wildman–Crippen LogP) is 0.0476. The third-order valence-electron chi connectivity index (χ3n) is 0.717. The van der Waals surface area contributed by atoms with Gasteiger partial charge in [-0.3, -0.25) is 10.0 Å². The first-order valence-corrected chi connectivity index (χ1v) is 1.91. The van der Waals surface area contributed by atoms with Crippen molar-refractivity contribution in [2.45, 2.75) is 0 Å². The van der Waals surface area contributed by atoms with Crippen molar-refractivity contribution in [1.29, 1.82) is 0 Å². The quantitative estimate of drug-likeness (QED) is 0.506. The van der Waals surface area contributed by atoms with Gasteiger partial charge in [0.25, 0.3) is 0 Å². The van der Waals surface area contributed by atoms with Crippen LogP contribution in [0.2, 0.25) is 0 Å². The monoisotopic (exact) mass is 157 g/mol. The van der Waals surface area contributed by atoms with Crippen LogP contribution in [0.1, 0.15) is 0 Å². The molecule has 50 valence electrons. The number of aliphatic imine (C=N–C) groups is 1. The molecule has 0 bridgehead atoms. The molecule has 0 saturated heterocycles. The number of halogens is 2. The number of hydrogen-bond acceptors (Lipinski definition) is 3. The van der Waals surface area contributed by atoms with Gasteiger partial charge in [0.05, 0.1) is 19.4 Å². The summed E-state index contributed by atoms with van der Waals surface area (Å²) in [4.78, 5) is 3.84. The second kappa shape index (κ2) is 5.15. The van der Waals surface area contributed by atoms with Gasteiger partial charge in [-0.25, -0.2) is 5.84 Å². The molecule has 0 fully saturated rings. The molecule has 0 saturated carbocycles. The van der Waals surface area contributed by atoms with Crippen LogP contribution in [0.5, 0.6) is 0 Å². The Hall–Kier alpha value is 0.01000. The molecule has 1 heterocycles. The fourth-order valence-electron chi connectivity index (χ4n) is 0.394. The van der Waals surface area contributed by atoms with E-state index in [4.69, 9.17) is 5.84 Å². The predicted molar refractivity (Wildman–Crippen MR) is 38.7 cm³/mol. The van der Waals surface area contributed by atoms with E-state index in [9.17, 15) is 0 Å². The van der Waals surface area contributed by atoms with E-state index >= 15 is 0 Å². The second-order valence-corrected chi connectivity index (χ2v) is 1.26. The Kier molecular flexibility index (Phi) is 7.02. The zero-order valence-corrected chi connectivity index (χ0v) is 5.91. The van der Waals surface area contributed by atoms with Crippen LogP contribution in [0, 0.1) is 0 Å². The molecule has 0 aromatic heterocycles. The molecule has 0 radical (unpaired) electrons. The van der Waals surface area contributed by atoms with E-state index in [2.05, 4.69) is 4.99 Å². The SMILES string of the molecule is Cl.Cl.NN1C=NCC1. The fraction of sp³-hybridized carbons (Fsp3) is 0.667. The van der Waals surface area contributed by atoms with Crippen molar-refractivity contribution in [3.8, 4) is 0 Å². The summed E-state index contributed by atoms with van der Waals surface area (Å²) in [5.74, 6) is 5.22. The molecule has 2 N–H and O–H groups in total. The van der Waals surface area contributed by atoms with E-state index in [1.165, 1.54) is 0 Å². The van der Waals surface area contributed by atoms with E-state index in [-0.39, 0.29) is 24.8 Å². The molecule has 3 nitrogen and oxygen atoms in total. The topological polar surface area (TPSA) is 41.6 Å². The highest BCUT2D eigenvalue weighted by atomic mass is 35.5. The average Bonchev–Trinajstić information content (AvgIpc) is 1.86. The Balaban J connectivity index is 0. The minimum absolute atomic E-state index is 0. The number of nitrogens with two attached hydrogens (primary N) is 1. The van der Waals surface area contributed by atoms with Gasteiger partial charge in [-0.2, -0.15) is 0 Å². The van der Waals surface area contributed by atoms with Gasteiger partial charge < -0.3 is 0 Å². The van der Waals surface area contributed by atoms with E-state index in [0.29, 0.717) is 0 Å². The van der Waals surface area contributed by atoms with Crippen molar-refractivity contribution < 1.29 is 0 Å². The van der Waals surface area contributed by atoms with Crippen LogP contribution in [0.15, 0.2) is 4.99 Å². The van der Waals surface area contributed by atoms with Crippen molar-refractivity contribution in [2.75, 3.05) is 13.1 Å². The van der Waals surface area contributed by atoms with Gasteiger partial charge in [0.1, 0.15) is 0 Å². The third kappa shape index (κ3) is 3.07. The van der Waals surface area contributed by atoms with Gasteiger partial charge in [0.2, 0.25) is 0 Å². The second-order valence-electron chi connectivity index (χ2n) is 1.26. The molecule has 1 aliphatic rings. The summed E-state index contributed by atoms with van der Waals surface area (Å²) in [6.45, 7) is 1.73. The van der Waals surface area contributed by atoms with Crippen molar-refractivity contribution >= 4 is 31.2 Å². The Labute approximate surface area is 60.7 Å². The normalized spacial score (nSPS) is 14.9. The maximum absolute atomic E-state index is 5.22. The van der Waals surface area contributed by atoms with Crippen LogP contribution in [-0.2, 0) is 0 Å². The summed E-state index contributed by atoms with van der Waals surface area (Å²) in [6.07, 6.45) is 1.64. The lowest BCUT2D eigenvalue weighted by molar-refractivity contribution is 0.495. The zero-order valence-electron chi connectivity index (χ0n) is 4.28. The van der Waals surface area contributed by atoms with Gasteiger partial charge >= 0.3 is 0 Å². The summed E-state index contributed by atoms with van der Waals surface area (Å²) in [5.41, 5.74) is 0. The Bertz CT molecular complexity index is 74.9. The summed E-state index contributed by atoms with van der Waals surface area (Å²) < 4.78 is 0. The first-order chi connectivity index (χ1) is 2.89. The minimum Gasteiger partial charge on any atom is -0.299 e. The van der Waals surface area contributed by atoms with Crippen molar-refractivity contribution in [3.63, 3.8) is 0 Å². The smallest absolute Gasteiger partial charge is 0.0991 e. The minimum atomic E-state index is 0. The first-order valence-electron chi connectivity index (χ1n) is 1.91. The highest BCUT2D eigenvalue weighted by Gasteiger charge is 1.94. The van der Waals surface area contributed by atoms with E-state index in [1.807, 2.05) is 0 Å². The molecule has 8 heavy (non-hydrogen) atoms. The molecule has 0 spiro atoms. The molecule has 0 aliphatic carbocycles. The van der Waals surface area contributed by atoms with Gasteiger partial charge in [0, 0.05) is 0 Å². The standard InChI is InChI=1S/C3H7N3.2ClH/c4-6-2-1-5-3-6;;/h3H,1-2,4H2;2*1H. The van der Waals surface area contributed by atoms with E-state index in [0.717, 1.165) is 13.1 Å². The molecule has 0 aromatic rings. The highest BCUT2D eigenvalue weighted by molar-refractivity contribution is 5.85. The van der Waals surface area contributed by atoms with Crippen molar-refractivity contribution in [2.24, 2.45) is 10.8 Å². The fourth-order valence-corrected chi connectivity index (χ4v) is 0.394. The molecular weight excluding hydrogens is 149 g/mol. The first kappa shape index (κ1) is 10.9. The molecule has 1 rings (SSSR count). The molecule has 1 aliphatic heterocycles. The van der Waals surface area contributed by atoms with Crippen LogP contribution in [0.3, 0.4) is 0 Å². The summed E-state index contributed by atoms with van der Waals surface area (Å²) >= 11 is 0. The van der Waals surface area contributed by atoms with Crippen LogP contribution in [0.25, 0.3) is 0 Å². The third-order valence-corrected chi connectivity index (χ3v) is 0.717. The number of hydrogen-bond donors (Lipinski definition) is 1. The van der Waals surface area contributed by atoms with Gasteiger partial charge in [-0.05, 0) is 0 Å². The molecular formula is C3H9Cl2N3. The summed E-state index contributed by atoms with van der Waals surface area (Å²) in [7, 11) is 0. The van der Waals surface area contributed by atoms with Gasteiger partial charge in [0.15, 0.2) is 0 Å². The maximum Gasteiger partial charge on any atom is 0.0991 e. The molecule has 0 amide bonds. The zero-order chi connectivity index (χ0) is 4.41. The van der Waals surface area contributed by atoms with Gasteiger partial charge in [-0.1, -0.05) is 0 Å². The van der Waals surface area contributed by atoms with Crippen LogP contribution < -0.4 is 5.84 Å². The van der Waals surface area contributed by atoms with Crippen molar-refractivity contribution in [1.82, 2.24) is 5.01 Å². The van der Waals surface area contributed by atoms with Crippen LogP contribution in [0.4, 0.5) is 0 Å². The lowest BCUT2D eigenvalue weighted by Crippen LogP contribution is -2.26. The van der Waals surface area contributed by atoms with E-state index < -0.39 is 0 Å². The molecule has 0 atom stereocenters. The number of nitrogens with zero attached hydrogens (tertiary/aromatic N) is 2. The summed E-state index contributed by atoms with van der Waals surface area (Å²) in [6, 6.07) is 0. The molecule has 5 heteroatoms. The highest BCUT2D eigenvalue weighted by Crippen LogP contribution is 1.81. The lowest BCUT2D eigenvalue weighted by Gasteiger charge is -1.99. The maximum atomic E-state index is 5.22. The number of hydrazine groups is 1. The van der Waals surface area contributed by atoms with Crippen LogP contribution in [-0.4, -0.2) is 24.4 Å². The van der Waals surface area contributed by atoms with Gasteiger partial charge in [-0.15, -0.1) is 24.8 Å². The molecule has 0 unspecified atom stereocenters. The largest absolute Gasteiger partial charge is 0.299 e.